The Morgan fingerprint density at radius 3 is 1.86 bits per heavy atom. The molecule has 0 fully saturated rings. The first-order valence-corrected chi connectivity index (χ1v) is 9.29. The van der Waals surface area contributed by atoms with Gasteiger partial charge in [0.15, 0.2) is 0 Å². The number of unbranched alkanes of at least 4 members (excludes halogenated alkanes) is 2. The minimum atomic E-state index is -2.21. The summed E-state index contributed by atoms with van der Waals surface area (Å²) in [6, 6.07) is 0. The van der Waals surface area contributed by atoms with Crippen molar-refractivity contribution in [3.63, 3.8) is 0 Å². The van der Waals surface area contributed by atoms with E-state index >= 15 is 0 Å². The highest BCUT2D eigenvalue weighted by molar-refractivity contribution is 7.74. The van der Waals surface area contributed by atoms with Gasteiger partial charge in [-0.1, -0.05) is 33.6 Å². The van der Waals surface area contributed by atoms with Crippen molar-refractivity contribution < 1.29 is 12.9 Å². The minimum Gasteiger partial charge on any atom is -0.298 e. The lowest BCUT2D eigenvalue weighted by atomic mass is 9.85. The van der Waals surface area contributed by atoms with E-state index in [1.54, 1.807) is 0 Å². The smallest absolute Gasteiger partial charge is 0.298 e. The van der Waals surface area contributed by atoms with E-state index in [0.29, 0.717) is 0 Å². The van der Waals surface area contributed by atoms with Gasteiger partial charge in [-0.2, -0.15) is 4.21 Å². The topological polar surface area (TPSA) is 49.8 Å². The number of rotatable bonds is 12. The molecule has 0 amide bonds. The molecule has 0 saturated carbocycles. The summed E-state index contributed by atoms with van der Waals surface area (Å²) in [6.45, 7) is 14.9. The molecule has 1 N–H and O–H groups in total. The summed E-state index contributed by atoms with van der Waals surface area (Å²) in [7, 11) is 0. The zero-order valence-electron chi connectivity index (χ0n) is 14.8. The van der Waals surface area contributed by atoms with Crippen LogP contribution in [-0.2, 0) is 15.5 Å². The van der Waals surface area contributed by atoms with E-state index in [-0.39, 0.29) is 5.54 Å². The first kappa shape index (κ1) is 21.0. The molecule has 0 aliphatic carbocycles. The lowest BCUT2D eigenvalue weighted by Crippen LogP contribution is -2.50. The second-order valence-electron chi connectivity index (χ2n) is 6.79. The molecule has 0 aliphatic rings. The molecule has 0 aromatic rings. The van der Waals surface area contributed by atoms with Gasteiger partial charge in [0.25, 0.3) is 0 Å². The third-order valence-corrected chi connectivity index (χ3v) is 4.79. The van der Waals surface area contributed by atoms with Gasteiger partial charge in [-0.3, -0.25) is 13.6 Å². The van der Waals surface area contributed by atoms with Crippen molar-refractivity contribution in [3.8, 4) is 0 Å². The van der Waals surface area contributed by atoms with Crippen LogP contribution in [-0.4, -0.2) is 37.9 Å². The van der Waals surface area contributed by atoms with Crippen molar-refractivity contribution >= 4 is 11.4 Å². The summed E-state index contributed by atoms with van der Waals surface area (Å²) in [4.78, 5) is 2.51. The van der Waals surface area contributed by atoms with Crippen LogP contribution in [0.3, 0.4) is 0 Å². The zero-order chi connectivity index (χ0) is 16.5. The van der Waals surface area contributed by atoms with E-state index in [1.165, 1.54) is 25.7 Å². The normalized spacial score (nSPS) is 17.0. The lowest BCUT2D eigenvalue weighted by molar-refractivity contribution is 0.00558. The Kier molecular flexibility index (Phi) is 9.94. The molecule has 4 nitrogen and oxygen atoms in total. The van der Waals surface area contributed by atoms with E-state index in [2.05, 4.69) is 32.6 Å². The zero-order valence-corrected chi connectivity index (χ0v) is 15.6. The maximum Gasteiger partial charge on any atom is 0.302 e. The predicted octanol–water partition coefficient (Wildman–Crippen LogP) is 4.38. The molecule has 0 aromatic heterocycles. The SMILES string of the molecule is CCCCN(CCCC)C(C)(C)CC(C)(CC)OS(=O)O. The molecule has 0 saturated heterocycles. The Balaban J connectivity index is 4.93. The Morgan fingerprint density at radius 1 is 1.05 bits per heavy atom. The number of nitrogens with zero attached hydrogens (tertiary/aromatic N) is 1. The highest BCUT2D eigenvalue weighted by atomic mass is 32.2. The molecule has 2 atom stereocenters. The van der Waals surface area contributed by atoms with E-state index in [4.69, 9.17) is 8.74 Å². The monoisotopic (exact) mass is 321 g/mol. The van der Waals surface area contributed by atoms with Gasteiger partial charge in [0.05, 0.1) is 5.60 Å². The summed E-state index contributed by atoms with van der Waals surface area (Å²) in [6.07, 6.45) is 6.20. The molecule has 0 aromatic carbocycles. The molecule has 0 rings (SSSR count). The molecule has 0 radical (unpaired) electrons. The fourth-order valence-electron chi connectivity index (χ4n) is 2.83. The maximum absolute atomic E-state index is 11.0. The third-order valence-electron chi connectivity index (χ3n) is 4.25. The van der Waals surface area contributed by atoms with Gasteiger partial charge in [-0.15, -0.1) is 0 Å². The second-order valence-corrected chi connectivity index (χ2v) is 7.39. The summed E-state index contributed by atoms with van der Waals surface area (Å²) in [5.41, 5.74) is -0.617. The van der Waals surface area contributed by atoms with Crippen LogP contribution in [0.25, 0.3) is 0 Å². The average molecular weight is 322 g/mol. The maximum atomic E-state index is 11.0. The molecular weight excluding hydrogens is 286 g/mol. The van der Waals surface area contributed by atoms with Gasteiger partial charge in [0.1, 0.15) is 0 Å². The van der Waals surface area contributed by atoms with Gasteiger partial charge in [-0.05, 0) is 59.5 Å². The van der Waals surface area contributed by atoms with E-state index < -0.39 is 17.0 Å². The van der Waals surface area contributed by atoms with Crippen LogP contribution in [0.1, 0.15) is 80.1 Å². The quantitative estimate of drug-likeness (QED) is 0.542. The van der Waals surface area contributed by atoms with E-state index in [1.807, 2.05) is 13.8 Å². The van der Waals surface area contributed by atoms with Crippen LogP contribution in [0.15, 0.2) is 0 Å². The van der Waals surface area contributed by atoms with Crippen molar-refractivity contribution in [2.75, 3.05) is 13.1 Å². The second kappa shape index (κ2) is 9.93. The Bertz CT molecular complexity index is 302. The van der Waals surface area contributed by atoms with Gasteiger partial charge < -0.3 is 0 Å². The molecular formula is C16H35NO3S. The van der Waals surface area contributed by atoms with Crippen LogP contribution >= 0.6 is 0 Å². The number of hydrogen-bond acceptors (Lipinski definition) is 3. The van der Waals surface area contributed by atoms with Crippen molar-refractivity contribution in [2.45, 2.75) is 91.2 Å². The van der Waals surface area contributed by atoms with Crippen LogP contribution in [0.2, 0.25) is 0 Å². The predicted molar refractivity (Wildman–Crippen MR) is 90.6 cm³/mol. The first-order valence-electron chi connectivity index (χ1n) is 8.26. The molecule has 0 bridgehead atoms. The van der Waals surface area contributed by atoms with Crippen molar-refractivity contribution in [3.05, 3.63) is 0 Å². The molecule has 128 valence electrons. The van der Waals surface area contributed by atoms with Crippen LogP contribution < -0.4 is 0 Å². The van der Waals surface area contributed by atoms with E-state index in [9.17, 15) is 4.21 Å². The Hall–Kier alpha value is 0.0300. The Morgan fingerprint density at radius 2 is 1.52 bits per heavy atom. The van der Waals surface area contributed by atoms with Crippen molar-refractivity contribution in [1.29, 1.82) is 0 Å². The number of hydrogen-bond donors (Lipinski definition) is 1. The largest absolute Gasteiger partial charge is 0.302 e. The summed E-state index contributed by atoms with van der Waals surface area (Å²) in [5.74, 6) is 0. The van der Waals surface area contributed by atoms with Crippen molar-refractivity contribution in [1.82, 2.24) is 4.90 Å². The Labute approximate surface area is 134 Å². The minimum absolute atomic E-state index is 0.0472. The fraction of sp³-hybridized carbons (Fsp3) is 1.00. The fourth-order valence-corrected chi connectivity index (χ4v) is 3.35. The molecule has 2 unspecified atom stereocenters. The lowest BCUT2D eigenvalue weighted by Gasteiger charge is -2.43. The average Bonchev–Trinajstić information content (AvgIpc) is 2.36. The summed E-state index contributed by atoms with van der Waals surface area (Å²) < 4.78 is 25.4. The highest BCUT2D eigenvalue weighted by Gasteiger charge is 2.37. The molecule has 5 heteroatoms. The van der Waals surface area contributed by atoms with Crippen molar-refractivity contribution in [2.24, 2.45) is 0 Å². The third kappa shape index (κ3) is 8.29. The summed E-state index contributed by atoms with van der Waals surface area (Å²) >= 11 is -2.21. The van der Waals surface area contributed by atoms with Gasteiger partial charge >= 0.3 is 11.4 Å². The highest BCUT2D eigenvalue weighted by Crippen LogP contribution is 2.32. The standard InChI is InChI=1S/C16H35NO3S/c1-7-10-12-17(13-11-8-2)15(4,5)14-16(6,9-3)20-21(18)19/h7-14H2,1-6H3,(H,18,19). The van der Waals surface area contributed by atoms with Gasteiger partial charge in [-0.25, -0.2) is 0 Å². The van der Waals surface area contributed by atoms with Gasteiger partial charge in [0.2, 0.25) is 0 Å². The van der Waals surface area contributed by atoms with Gasteiger partial charge in [0, 0.05) is 5.54 Å². The van der Waals surface area contributed by atoms with Crippen LogP contribution in [0.4, 0.5) is 0 Å². The van der Waals surface area contributed by atoms with Crippen LogP contribution in [0.5, 0.6) is 0 Å². The molecule has 0 aliphatic heterocycles. The molecule has 0 spiro atoms. The molecule has 0 heterocycles. The summed E-state index contributed by atoms with van der Waals surface area (Å²) in [5, 5.41) is 0. The van der Waals surface area contributed by atoms with E-state index in [0.717, 1.165) is 25.9 Å². The first-order chi connectivity index (χ1) is 9.70. The molecule has 21 heavy (non-hydrogen) atoms. The van der Waals surface area contributed by atoms with Crippen LogP contribution in [0, 0.1) is 0 Å².